The van der Waals surface area contributed by atoms with Crippen LogP contribution in [0.2, 0.25) is 10.0 Å². The van der Waals surface area contributed by atoms with Crippen LogP contribution in [-0.2, 0) is 10.0 Å². The summed E-state index contributed by atoms with van der Waals surface area (Å²) >= 11 is 17.4. The van der Waals surface area contributed by atoms with Crippen molar-refractivity contribution in [3.8, 4) is 0 Å². The van der Waals surface area contributed by atoms with E-state index in [1.807, 2.05) is 0 Å². The predicted molar refractivity (Wildman–Crippen MR) is 74.1 cm³/mol. The second kappa shape index (κ2) is 5.17. The van der Waals surface area contributed by atoms with Gasteiger partial charge in [0.2, 0.25) is 10.0 Å². The van der Waals surface area contributed by atoms with Crippen LogP contribution in [-0.4, -0.2) is 19.8 Å². The largest absolute Gasteiger partial charge is 0.241 e. The summed E-state index contributed by atoms with van der Waals surface area (Å²) in [7, 11) is -3.61. The summed E-state index contributed by atoms with van der Waals surface area (Å²) in [6, 6.07) is 4.23. The Labute approximate surface area is 121 Å². The molecular formula is C11H12Cl3NO2S. The molecule has 1 aromatic rings. The molecule has 18 heavy (non-hydrogen) atoms. The molecule has 0 atom stereocenters. The van der Waals surface area contributed by atoms with E-state index in [0.717, 1.165) is 19.3 Å². The van der Waals surface area contributed by atoms with Gasteiger partial charge < -0.3 is 0 Å². The van der Waals surface area contributed by atoms with Crippen molar-refractivity contribution < 1.29 is 8.42 Å². The topological polar surface area (TPSA) is 46.2 Å². The molecule has 0 bridgehead atoms. The monoisotopic (exact) mass is 327 g/mol. The van der Waals surface area contributed by atoms with E-state index in [1.165, 1.54) is 18.2 Å². The molecule has 0 heterocycles. The minimum atomic E-state index is -3.61. The van der Waals surface area contributed by atoms with Crippen molar-refractivity contribution in [3.63, 3.8) is 0 Å². The first-order chi connectivity index (χ1) is 8.38. The van der Waals surface area contributed by atoms with Crippen molar-refractivity contribution in [2.75, 3.05) is 5.88 Å². The predicted octanol–water partition coefficient (Wildman–Crippen LogP) is 3.43. The molecule has 0 saturated heterocycles. The zero-order valence-corrected chi connectivity index (χ0v) is 12.5. The Kier molecular flexibility index (Phi) is 4.14. The van der Waals surface area contributed by atoms with E-state index in [2.05, 4.69) is 4.72 Å². The van der Waals surface area contributed by atoms with E-state index < -0.39 is 15.6 Å². The number of benzene rings is 1. The fraction of sp³-hybridized carbons (Fsp3) is 0.455. The number of sulfonamides is 1. The SMILES string of the molecule is O=S(=O)(NC1(CCl)CCC1)c1ccc(Cl)c(Cl)c1. The van der Waals surface area contributed by atoms with Crippen molar-refractivity contribution in [1.82, 2.24) is 4.72 Å². The van der Waals surface area contributed by atoms with Gasteiger partial charge in [0.1, 0.15) is 0 Å². The summed E-state index contributed by atoms with van der Waals surface area (Å²) in [4.78, 5) is 0.105. The summed E-state index contributed by atoms with van der Waals surface area (Å²) < 4.78 is 27.0. The molecule has 0 unspecified atom stereocenters. The summed E-state index contributed by atoms with van der Waals surface area (Å²) in [5, 5.41) is 0.541. The van der Waals surface area contributed by atoms with E-state index in [1.54, 1.807) is 0 Å². The number of hydrogen-bond donors (Lipinski definition) is 1. The van der Waals surface area contributed by atoms with Crippen LogP contribution in [0.15, 0.2) is 23.1 Å². The second-order valence-corrected chi connectivity index (χ2v) is 7.21. The molecular weight excluding hydrogens is 317 g/mol. The number of nitrogens with one attached hydrogen (secondary N) is 1. The lowest BCUT2D eigenvalue weighted by molar-refractivity contribution is 0.252. The van der Waals surface area contributed by atoms with Crippen LogP contribution in [0.4, 0.5) is 0 Å². The molecule has 2 rings (SSSR count). The summed E-state index contributed by atoms with van der Waals surface area (Å²) in [5.41, 5.74) is -0.507. The van der Waals surface area contributed by atoms with Gasteiger partial charge in [0.25, 0.3) is 0 Å². The number of rotatable bonds is 4. The number of hydrogen-bond acceptors (Lipinski definition) is 2. The number of alkyl halides is 1. The van der Waals surface area contributed by atoms with Gasteiger partial charge in [-0.05, 0) is 37.5 Å². The van der Waals surface area contributed by atoms with Crippen LogP contribution in [0, 0.1) is 0 Å². The lowest BCUT2D eigenvalue weighted by Crippen LogP contribution is -2.54. The Balaban J connectivity index is 2.28. The molecule has 0 amide bonds. The molecule has 1 aliphatic rings. The van der Waals surface area contributed by atoms with Crippen molar-refractivity contribution >= 4 is 44.8 Å². The minimum Gasteiger partial charge on any atom is -0.207 e. The highest BCUT2D eigenvalue weighted by molar-refractivity contribution is 7.89. The highest BCUT2D eigenvalue weighted by atomic mass is 35.5. The molecule has 100 valence electrons. The smallest absolute Gasteiger partial charge is 0.207 e. The van der Waals surface area contributed by atoms with Gasteiger partial charge in [0.15, 0.2) is 0 Å². The highest BCUT2D eigenvalue weighted by Crippen LogP contribution is 2.35. The normalized spacial score (nSPS) is 18.4. The summed E-state index contributed by atoms with van der Waals surface area (Å²) in [5.74, 6) is 0.271. The Morgan fingerprint density at radius 3 is 2.33 bits per heavy atom. The van der Waals surface area contributed by atoms with Gasteiger partial charge in [-0.3, -0.25) is 0 Å². The number of halogens is 3. The first-order valence-corrected chi connectivity index (χ1v) is 8.21. The van der Waals surface area contributed by atoms with Gasteiger partial charge in [-0.1, -0.05) is 23.2 Å². The zero-order chi connectivity index (χ0) is 13.4. The Morgan fingerprint density at radius 1 is 1.22 bits per heavy atom. The van der Waals surface area contributed by atoms with Gasteiger partial charge in [-0.15, -0.1) is 11.6 Å². The van der Waals surface area contributed by atoms with E-state index in [9.17, 15) is 8.42 Å². The molecule has 0 aromatic heterocycles. The lowest BCUT2D eigenvalue weighted by atomic mass is 9.79. The van der Waals surface area contributed by atoms with Gasteiger partial charge in [0.05, 0.1) is 14.9 Å². The van der Waals surface area contributed by atoms with Gasteiger partial charge in [-0.2, -0.15) is 0 Å². The first-order valence-electron chi connectivity index (χ1n) is 5.44. The molecule has 7 heteroatoms. The van der Waals surface area contributed by atoms with Gasteiger partial charge >= 0.3 is 0 Å². The molecule has 1 aliphatic carbocycles. The molecule has 0 radical (unpaired) electrons. The van der Waals surface area contributed by atoms with Crippen molar-refractivity contribution in [2.45, 2.75) is 29.7 Å². The van der Waals surface area contributed by atoms with Crippen molar-refractivity contribution in [1.29, 1.82) is 0 Å². The third-order valence-electron chi connectivity index (χ3n) is 3.12. The maximum absolute atomic E-state index is 12.2. The fourth-order valence-electron chi connectivity index (χ4n) is 1.85. The highest BCUT2D eigenvalue weighted by Gasteiger charge is 2.40. The van der Waals surface area contributed by atoms with Crippen LogP contribution < -0.4 is 4.72 Å². The molecule has 0 aliphatic heterocycles. The van der Waals surface area contributed by atoms with Crippen LogP contribution >= 0.6 is 34.8 Å². The average molecular weight is 329 g/mol. The maximum atomic E-state index is 12.2. The fourth-order valence-corrected chi connectivity index (χ4v) is 4.11. The van der Waals surface area contributed by atoms with Crippen LogP contribution in [0.1, 0.15) is 19.3 Å². The minimum absolute atomic E-state index is 0.105. The molecule has 3 nitrogen and oxygen atoms in total. The molecule has 1 saturated carbocycles. The van der Waals surface area contributed by atoms with Crippen molar-refractivity contribution in [2.24, 2.45) is 0 Å². The quantitative estimate of drug-likeness (QED) is 0.861. The third kappa shape index (κ3) is 2.78. The summed E-state index contributed by atoms with van der Waals surface area (Å²) in [6.45, 7) is 0. The molecule has 1 N–H and O–H groups in total. The second-order valence-electron chi connectivity index (χ2n) is 4.45. The average Bonchev–Trinajstić information content (AvgIpc) is 2.27. The summed E-state index contributed by atoms with van der Waals surface area (Å²) in [6.07, 6.45) is 2.50. The van der Waals surface area contributed by atoms with Crippen LogP contribution in [0.5, 0.6) is 0 Å². The Hall–Kier alpha value is -0.000000000000000111. The molecule has 1 fully saturated rings. The van der Waals surface area contributed by atoms with E-state index in [0.29, 0.717) is 5.02 Å². The lowest BCUT2D eigenvalue weighted by Gasteiger charge is -2.40. The Morgan fingerprint density at radius 2 is 1.89 bits per heavy atom. The Bertz CT molecular complexity index is 550. The van der Waals surface area contributed by atoms with Gasteiger partial charge in [0, 0.05) is 11.4 Å². The van der Waals surface area contributed by atoms with Crippen LogP contribution in [0.3, 0.4) is 0 Å². The molecule has 0 spiro atoms. The van der Waals surface area contributed by atoms with E-state index in [-0.39, 0.29) is 15.8 Å². The molecule has 1 aromatic carbocycles. The van der Waals surface area contributed by atoms with E-state index >= 15 is 0 Å². The van der Waals surface area contributed by atoms with E-state index in [4.69, 9.17) is 34.8 Å². The van der Waals surface area contributed by atoms with Crippen LogP contribution in [0.25, 0.3) is 0 Å². The van der Waals surface area contributed by atoms with Crippen molar-refractivity contribution in [3.05, 3.63) is 28.2 Å². The first kappa shape index (κ1) is 14.4. The van der Waals surface area contributed by atoms with Gasteiger partial charge in [-0.25, -0.2) is 13.1 Å². The zero-order valence-electron chi connectivity index (χ0n) is 9.42. The standard InChI is InChI=1S/C11H12Cl3NO2S/c12-7-11(4-1-5-11)15-18(16,17)8-2-3-9(13)10(14)6-8/h2-3,6,15H,1,4-5,7H2. The maximum Gasteiger partial charge on any atom is 0.241 e. The third-order valence-corrected chi connectivity index (χ3v) is 5.95.